The van der Waals surface area contributed by atoms with Crippen LogP contribution in [-0.2, 0) is 31.6 Å². The molecule has 0 amide bonds. The number of nitrogens with one attached hydrogen (secondary N) is 1. The van der Waals surface area contributed by atoms with Crippen molar-refractivity contribution < 1.29 is 64.1 Å². The first-order chi connectivity index (χ1) is 16.7. The summed E-state index contributed by atoms with van der Waals surface area (Å²) in [4.78, 5) is 58.6. The molecule has 1 fully saturated rings. The molecule has 2 aromatic rings. The van der Waals surface area contributed by atoms with Gasteiger partial charge in [0.15, 0.2) is 23.0 Å². The standard InChI is InChI=1S/C14H19N4O14P3/c1-3-4-14(21)10(19)8(5-29-34(25,26)32-35(27,28)31-33(22,23)24)30-13(14)18-6-15-9-11(18)16-7(2)17-12(9)20/h6,8,10,13,19,21H,5H2,1-2H3,(H,25,26)(H,27,28)(H,16,17,20)(H2,22,23,24)/t8-,10+,13-,14?/m1/s1/i5D2. The van der Waals surface area contributed by atoms with E-state index in [0.29, 0.717) is 0 Å². The van der Waals surface area contributed by atoms with E-state index in [1.807, 2.05) is 0 Å². The molecule has 18 nitrogen and oxygen atoms in total. The van der Waals surface area contributed by atoms with Gasteiger partial charge < -0.3 is 39.5 Å². The van der Waals surface area contributed by atoms with Crippen molar-refractivity contribution in [3.8, 4) is 11.8 Å². The number of nitrogens with zero attached hydrogens (tertiary/aromatic N) is 3. The molecule has 0 aromatic carbocycles. The number of aryl methyl sites for hydroxylation is 1. The van der Waals surface area contributed by atoms with Gasteiger partial charge in [0, 0.05) is 0 Å². The fraction of sp³-hybridized carbons (Fsp3) is 0.500. The SMILES string of the molecule is [2H]C([2H])(OP(=O)(O)OP(=O)(O)OP(=O)(O)O)[C@H]1O[C@@H](n2cnc3c(=O)[nH]c(C)nc32)C(O)(C#CC)[C@H]1O. The Morgan fingerprint density at radius 3 is 2.54 bits per heavy atom. The van der Waals surface area contributed by atoms with Crippen molar-refractivity contribution in [3.63, 3.8) is 0 Å². The lowest BCUT2D eigenvalue weighted by Crippen LogP contribution is -2.46. The molecule has 0 bridgehead atoms. The summed E-state index contributed by atoms with van der Waals surface area (Å²) in [6.45, 7) is -0.958. The molecule has 3 heterocycles. The van der Waals surface area contributed by atoms with Crippen molar-refractivity contribution in [2.75, 3.05) is 6.56 Å². The maximum atomic E-state index is 12.2. The third-order valence-corrected chi connectivity index (χ3v) is 7.88. The van der Waals surface area contributed by atoms with Crippen molar-refractivity contribution in [2.24, 2.45) is 0 Å². The Hall–Kier alpha value is -1.80. The zero-order valence-corrected chi connectivity index (χ0v) is 20.1. The molecule has 0 radical (unpaired) electrons. The maximum absolute atomic E-state index is 12.2. The van der Waals surface area contributed by atoms with Crippen molar-refractivity contribution in [3.05, 3.63) is 22.5 Å². The van der Waals surface area contributed by atoms with Crippen LogP contribution in [0.2, 0.25) is 0 Å². The minimum atomic E-state index is -6.03. The fourth-order valence-electron chi connectivity index (χ4n) is 3.02. The van der Waals surface area contributed by atoms with E-state index in [1.54, 1.807) is 0 Å². The van der Waals surface area contributed by atoms with E-state index in [9.17, 15) is 38.5 Å². The number of aromatic nitrogens is 4. The maximum Gasteiger partial charge on any atom is 0.490 e. The Bertz CT molecular complexity index is 1480. The van der Waals surface area contributed by atoms with Gasteiger partial charge in [-0.2, -0.15) is 8.62 Å². The monoisotopic (exact) mass is 562 g/mol. The summed E-state index contributed by atoms with van der Waals surface area (Å²) in [5, 5.41) is 21.9. The van der Waals surface area contributed by atoms with Gasteiger partial charge in [-0.25, -0.2) is 23.7 Å². The molecule has 3 unspecified atom stereocenters. The molecule has 35 heavy (non-hydrogen) atoms. The van der Waals surface area contributed by atoms with Gasteiger partial charge in [0.05, 0.1) is 15.6 Å². The van der Waals surface area contributed by atoms with Crippen LogP contribution in [0.15, 0.2) is 11.1 Å². The molecule has 6 atom stereocenters. The molecular weight excluding hydrogens is 541 g/mol. The second-order valence-corrected chi connectivity index (χ2v) is 11.2. The smallest absolute Gasteiger partial charge is 0.386 e. The molecule has 1 aliphatic rings. The lowest BCUT2D eigenvalue weighted by atomic mass is 9.94. The second kappa shape index (κ2) is 9.58. The van der Waals surface area contributed by atoms with E-state index < -0.39 is 59.6 Å². The van der Waals surface area contributed by atoms with E-state index in [-0.39, 0.29) is 17.0 Å². The first-order valence-corrected chi connectivity index (χ1v) is 13.5. The number of fused-ring (bicyclic) bond motifs is 1. The Balaban J connectivity index is 1.99. The predicted octanol–water partition coefficient (Wildman–Crippen LogP) is -1.22. The van der Waals surface area contributed by atoms with Gasteiger partial charge in [-0.3, -0.25) is 13.9 Å². The Morgan fingerprint density at radius 2 is 1.94 bits per heavy atom. The number of imidazole rings is 1. The van der Waals surface area contributed by atoms with Gasteiger partial charge >= 0.3 is 23.5 Å². The number of ether oxygens (including phenoxy) is 1. The van der Waals surface area contributed by atoms with E-state index in [2.05, 4.69) is 39.9 Å². The van der Waals surface area contributed by atoms with Crippen molar-refractivity contribution in [1.82, 2.24) is 19.5 Å². The lowest BCUT2D eigenvalue weighted by molar-refractivity contribution is -0.0718. The number of hydrogen-bond acceptors (Lipinski definition) is 12. The number of phosphoric ester groups is 1. The van der Waals surface area contributed by atoms with E-state index in [4.69, 9.17) is 17.3 Å². The van der Waals surface area contributed by atoms with Crippen LogP contribution >= 0.6 is 23.5 Å². The van der Waals surface area contributed by atoms with Gasteiger partial charge in [-0.15, -0.1) is 5.92 Å². The third-order valence-electron chi connectivity index (χ3n) is 4.22. The number of hydrogen-bond donors (Lipinski definition) is 7. The summed E-state index contributed by atoms with van der Waals surface area (Å²) >= 11 is 0. The van der Waals surface area contributed by atoms with Crippen molar-refractivity contribution in [2.45, 2.75) is 37.9 Å². The van der Waals surface area contributed by atoms with Gasteiger partial charge in [0.1, 0.15) is 18.0 Å². The summed E-state index contributed by atoms with van der Waals surface area (Å²) in [5.41, 5.74) is -3.75. The average molecular weight is 562 g/mol. The van der Waals surface area contributed by atoms with Crippen LogP contribution in [0.1, 0.15) is 21.7 Å². The summed E-state index contributed by atoms with van der Waals surface area (Å²) < 4.78 is 68.0. The van der Waals surface area contributed by atoms with Crippen LogP contribution in [0.4, 0.5) is 0 Å². The quantitative estimate of drug-likeness (QED) is 0.147. The highest BCUT2D eigenvalue weighted by molar-refractivity contribution is 7.66. The van der Waals surface area contributed by atoms with Gasteiger partial charge in [0.25, 0.3) is 5.56 Å². The highest BCUT2D eigenvalue weighted by Crippen LogP contribution is 2.66. The molecule has 1 saturated heterocycles. The van der Waals surface area contributed by atoms with E-state index in [1.165, 1.54) is 13.8 Å². The van der Waals surface area contributed by atoms with Crippen LogP contribution in [-0.4, -0.2) is 73.7 Å². The number of phosphoric acid groups is 3. The molecule has 0 saturated carbocycles. The van der Waals surface area contributed by atoms with Crippen molar-refractivity contribution in [1.29, 1.82) is 0 Å². The van der Waals surface area contributed by atoms with Crippen LogP contribution in [0.3, 0.4) is 0 Å². The largest absolute Gasteiger partial charge is 0.490 e. The number of rotatable bonds is 8. The van der Waals surface area contributed by atoms with Gasteiger partial charge in [0.2, 0.25) is 0 Å². The summed E-state index contributed by atoms with van der Waals surface area (Å²) in [6, 6.07) is 0. The van der Waals surface area contributed by atoms with Crippen LogP contribution in [0, 0.1) is 18.8 Å². The average Bonchev–Trinajstić information content (AvgIpc) is 3.18. The van der Waals surface area contributed by atoms with Crippen LogP contribution < -0.4 is 5.56 Å². The topological polar surface area (TPSA) is 273 Å². The second-order valence-electron chi connectivity index (χ2n) is 6.83. The summed E-state index contributed by atoms with van der Waals surface area (Å²) in [6.07, 6.45) is -5.62. The first kappa shape index (κ1) is 24.9. The fourth-order valence-corrected chi connectivity index (χ4v) is 5.90. The molecule has 21 heteroatoms. The molecule has 194 valence electrons. The third kappa shape index (κ3) is 6.13. The molecule has 1 aliphatic heterocycles. The molecular formula is C14H19N4O14P3. The minimum Gasteiger partial charge on any atom is -0.386 e. The first-order valence-electron chi connectivity index (χ1n) is 9.99. The molecule has 0 aliphatic carbocycles. The summed E-state index contributed by atoms with van der Waals surface area (Å²) in [7, 11) is -17.7. The van der Waals surface area contributed by atoms with Gasteiger partial charge in [-0.1, -0.05) is 5.92 Å². The van der Waals surface area contributed by atoms with Gasteiger partial charge in [-0.05, 0) is 13.8 Å². The molecule has 2 aromatic heterocycles. The zero-order chi connectivity index (χ0) is 28.2. The Morgan fingerprint density at radius 1 is 1.29 bits per heavy atom. The van der Waals surface area contributed by atoms with E-state index in [0.717, 1.165) is 10.9 Å². The number of H-pyrrole nitrogens is 1. The normalized spacial score (nSPS) is 29.5. The predicted molar refractivity (Wildman–Crippen MR) is 111 cm³/mol. The Kier molecular flexibility index (Phi) is 6.81. The number of aromatic amines is 1. The van der Waals surface area contributed by atoms with Crippen LogP contribution in [0.25, 0.3) is 11.2 Å². The lowest BCUT2D eigenvalue weighted by Gasteiger charge is -2.26. The minimum absolute atomic E-state index is 0.113. The zero-order valence-electron chi connectivity index (χ0n) is 19.4. The highest BCUT2D eigenvalue weighted by Gasteiger charge is 2.57. The molecule has 7 N–H and O–H groups in total. The highest BCUT2D eigenvalue weighted by atomic mass is 31.3. The number of aliphatic hydroxyl groups excluding tert-OH is 1. The van der Waals surface area contributed by atoms with E-state index >= 15 is 0 Å². The van der Waals surface area contributed by atoms with Crippen LogP contribution in [0.5, 0.6) is 0 Å². The molecule has 3 rings (SSSR count). The molecule has 0 spiro atoms. The number of aliphatic hydroxyl groups is 2. The summed E-state index contributed by atoms with van der Waals surface area (Å²) in [5.74, 6) is 4.64. The van der Waals surface area contributed by atoms with Crippen molar-refractivity contribution >= 4 is 34.6 Å². The Labute approximate surface area is 197 Å².